The zero-order valence-electron chi connectivity index (χ0n) is 13.8. The van der Waals surface area contributed by atoms with Crippen molar-refractivity contribution < 1.29 is 14.3 Å². The van der Waals surface area contributed by atoms with Crippen LogP contribution in [0.1, 0.15) is 36.9 Å². The van der Waals surface area contributed by atoms with E-state index >= 15 is 0 Å². The number of hydrogen-bond donors (Lipinski definition) is 0. The van der Waals surface area contributed by atoms with Crippen LogP contribution >= 0.6 is 11.3 Å². The third-order valence-electron chi connectivity index (χ3n) is 5.28. The van der Waals surface area contributed by atoms with Crippen molar-refractivity contribution in [2.24, 2.45) is 11.8 Å². The van der Waals surface area contributed by atoms with Crippen LogP contribution in [0.5, 0.6) is 0 Å². The van der Waals surface area contributed by atoms with E-state index in [4.69, 9.17) is 9.47 Å². The van der Waals surface area contributed by atoms with Gasteiger partial charge in [-0.15, -0.1) is 11.3 Å². The van der Waals surface area contributed by atoms with Crippen LogP contribution in [0.2, 0.25) is 0 Å². The molecule has 4 rings (SSSR count). The minimum Gasteiger partial charge on any atom is -0.372 e. The first-order valence-corrected chi connectivity index (χ1v) is 9.38. The van der Waals surface area contributed by atoms with Crippen LogP contribution in [0.3, 0.4) is 0 Å². The van der Waals surface area contributed by atoms with Gasteiger partial charge in [0.05, 0.1) is 36.5 Å². The summed E-state index contributed by atoms with van der Waals surface area (Å²) in [4.78, 5) is 18.7. The number of likely N-dealkylation sites (tertiary alicyclic amines) is 1. The first kappa shape index (κ1) is 15.5. The summed E-state index contributed by atoms with van der Waals surface area (Å²) in [5.74, 6) is 1.17. The van der Waals surface area contributed by atoms with Gasteiger partial charge in [-0.3, -0.25) is 4.79 Å². The molecule has 0 N–H and O–H groups in total. The molecule has 0 radical (unpaired) electrons. The number of thiazole rings is 1. The maximum absolute atomic E-state index is 12.3. The Morgan fingerprint density at radius 3 is 3.00 bits per heavy atom. The van der Waals surface area contributed by atoms with Crippen LogP contribution in [-0.4, -0.2) is 47.2 Å². The summed E-state index contributed by atoms with van der Waals surface area (Å²) >= 11 is 1.66. The van der Waals surface area contributed by atoms with Crippen molar-refractivity contribution >= 4 is 17.2 Å². The highest BCUT2D eigenvalue weighted by molar-refractivity contribution is 7.09. The number of rotatable bonds is 4. The average molecular weight is 336 g/mol. The third-order valence-corrected chi connectivity index (χ3v) is 6.10. The van der Waals surface area contributed by atoms with Crippen molar-refractivity contribution in [3.8, 4) is 0 Å². The molecule has 5 nitrogen and oxygen atoms in total. The van der Waals surface area contributed by atoms with Gasteiger partial charge in [-0.25, -0.2) is 4.98 Å². The van der Waals surface area contributed by atoms with E-state index in [0.29, 0.717) is 18.4 Å². The fraction of sp³-hybridized carbons (Fsp3) is 0.765. The van der Waals surface area contributed by atoms with Gasteiger partial charge in [-0.1, -0.05) is 6.92 Å². The van der Waals surface area contributed by atoms with Crippen LogP contribution < -0.4 is 0 Å². The van der Waals surface area contributed by atoms with Gasteiger partial charge in [0.2, 0.25) is 5.91 Å². The van der Waals surface area contributed by atoms with Gasteiger partial charge in [0.1, 0.15) is 5.60 Å². The fourth-order valence-corrected chi connectivity index (χ4v) is 4.33. The second kappa shape index (κ2) is 5.83. The van der Waals surface area contributed by atoms with Crippen molar-refractivity contribution in [3.63, 3.8) is 0 Å². The fourth-order valence-electron chi connectivity index (χ4n) is 3.73. The summed E-state index contributed by atoms with van der Waals surface area (Å²) in [7, 11) is 0. The van der Waals surface area contributed by atoms with E-state index in [0.717, 1.165) is 49.7 Å². The maximum Gasteiger partial charge on any atom is 0.226 e. The molecule has 1 aliphatic carbocycles. The molecule has 1 aromatic heterocycles. The summed E-state index contributed by atoms with van der Waals surface area (Å²) in [6.45, 7) is 6.95. The SMILES string of the molecule is Cc1nc(CO[C@@H]2CCOC3(C2)CN(C(=O)[C@@H]2C[C@H]2C)C3)cs1. The summed E-state index contributed by atoms with van der Waals surface area (Å²) in [6.07, 6.45) is 3.09. The quantitative estimate of drug-likeness (QED) is 0.847. The number of nitrogens with zero attached hydrogens (tertiary/aromatic N) is 2. The monoisotopic (exact) mass is 336 g/mol. The molecule has 3 heterocycles. The Morgan fingerprint density at radius 1 is 1.57 bits per heavy atom. The predicted octanol–water partition coefficient (Wildman–Crippen LogP) is 2.38. The van der Waals surface area contributed by atoms with Gasteiger partial charge >= 0.3 is 0 Å². The minimum atomic E-state index is -0.158. The zero-order chi connectivity index (χ0) is 16.0. The molecule has 126 valence electrons. The highest BCUT2D eigenvalue weighted by Crippen LogP contribution is 2.43. The van der Waals surface area contributed by atoms with Crippen molar-refractivity contribution in [2.45, 2.75) is 51.4 Å². The van der Waals surface area contributed by atoms with Gasteiger partial charge in [-0.2, -0.15) is 0 Å². The lowest BCUT2D eigenvalue weighted by molar-refractivity contribution is -0.203. The topological polar surface area (TPSA) is 51.7 Å². The summed E-state index contributed by atoms with van der Waals surface area (Å²) in [6, 6.07) is 0. The second-order valence-corrected chi connectivity index (χ2v) is 8.39. The molecular formula is C17H24N2O3S. The Kier molecular flexibility index (Phi) is 3.94. The molecule has 0 aromatic carbocycles. The zero-order valence-corrected chi connectivity index (χ0v) is 14.6. The predicted molar refractivity (Wildman–Crippen MR) is 87.2 cm³/mol. The molecule has 0 bridgehead atoms. The van der Waals surface area contributed by atoms with Gasteiger partial charge in [-0.05, 0) is 25.7 Å². The lowest BCUT2D eigenvalue weighted by atomic mass is 9.84. The van der Waals surface area contributed by atoms with Crippen molar-refractivity contribution in [3.05, 3.63) is 16.1 Å². The standard InChI is InChI=1S/C17H24N2O3S/c1-11-5-15(11)16(20)19-9-17(10-19)6-14(3-4-22-17)21-7-13-8-23-12(2)18-13/h8,11,14-15H,3-7,9-10H2,1-2H3/t11-,14-,15-/m1/s1. The van der Waals surface area contributed by atoms with E-state index in [9.17, 15) is 4.79 Å². The van der Waals surface area contributed by atoms with E-state index < -0.39 is 0 Å². The lowest BCUT2D eigenvalue weighted by Crippen LogP contribution is -2.67. The first-order valence-electron chi connectivity index (χ1n) is 8.50. The van der Waals surface area contributed by atoms with Crippen LogP contribution in [-0.2, 0) is 20.9 Å². The molecule has 2 aliphatic heterocycles. The van der Waals surface area contributed by atoms with E-state index in [-0.39, 0.29) is 17.6 Å². The summed E-state index contributed by atoms with van der Waals surface area (Å²) in [5, 5.41) is 3.14. The highest BCUT2D eigenvalue weighted by Gasteiger charge is 2.53. The number of aryl methyl sites for hydroxylation is 1. The van der Waals surface area contributed by atoms with Crippen LogP contribution in [0.25, 0.3) is 0 Å². The molecule has 1 aromatic rings. The van der Waals surface area contributed by atoms with Crippen LogP contribution in [0.15, 0.2) is 5.38 Å². The molecule has 3 atom stereocenters. The van der Waals surface area contributed by atoms with Crippen molar-refractivity contribution in [2.75, 3.05) is 19.7 Å². The summed E-state index contributed by atoms with van der Waals surface area (Å²) in [5.41, 5.74) is 0.857. The van der Waals surface area contributed by atoms with Crippen molar-refractivity contribution in [1.82, 2.24) is 9.88 Å². The smallest absolute Gasteiger partial charge is 0.226 e. The number of ether oxygens (including phenoxy) is 2. The van der Waals surface area contributed by atoms with Gasteiger partial charge in [0, 0.05) is 24.3 Å². The molecule has 3 fully saturated rings. The minimum absolute atomic E-state index is 0.158. The van der Waals surface area contributed by atoms with Crippen molar-refractivity contribution in [1.29, 1.82) is 0 Å². The van der Waals surface area contributed by atoms with E-state index in [2.05, 4.69) is 17.3 Å². The molecule has 6 heteroatoms. The number of carbonyl (C=O) groups is 1. The average Bonchev–Trinajstić information content (AvgIpc) is 3.09. The van der Waals surface area contributed by atoms with Crippen LogP contribution in [0.4, 0.5) is 0 Å². The largest absolute Gasteiger partial charge is 0.372 e. The molecule has 0 unspecified atom stereocenters. The Labute approximate surface area is 141 Å². The Morgan fingerprint density at radius 2 is 2.35 bits per heavy atom. The molecule has 1 amide bonds. The molecule has 1 saturated carbocycles. The molecular weight excluding hydrogens is 312 g/mol. The van der Waals surface area contributed by atoms with E-state index in [1.54, 1.807) is 11.3 Å². The Balaban J connectivity index is 1.27. The lowest BCUT2D eigenvalue weighted by Gasteiger charge is -2.53. The Bertz CT molecular complexity index is 596. The maximum atomic E-state index is 12.3. The Hall–Kier alpha value is -0.980. The van der Waals surface area contributed by atoms with Gasteiger partial charge in [0.25, 0.3) is 0 Å². The molecule has 23 heavy (non-hydrogen) atoms. The number of amides is 1. The number of carbonyl (C=O) groups excluding carboxylic acids is 1. The van der Waals surface area contributed by atoms with Gasteiger partial charge in [0.15, 0.2) is 0 Å². The second-order valence-electron chi connectivity index (χ2n) is 7.33. The first-order chi connectivity index (χ1) is 11.0. The van der Waals surface area contributed by atoms with E-state index in [1.807, 2.05) is 11.8 Å². The highest BCUT2D eigenvalue weighted by atomic mass is 32.1. The molecule has 1 spiro atoms. The van der Waals surface area contributed by atoms with E-state index in [1.165, 1.54) is 0 Å². The van der Waals surface area contributed by atoms with Gasteiger partial charge < -0.3 is 14.4 Å². The normalized spacial score (nSPS) is 31.9. The van der Waals surface area contributed by atoms with Crippen LogP contribution in [0, 0.1) is 18.8 Å². The molecule has 2 saturated heterocycles. The number of aromatic nitrogens is 1. The number of hydrogen-bond acceptors (Lipinski definition) is 5. The molecule has 3 aliphatic rings. The summed E-state index contributed by atoms with van der Waals surface area (Å²) < 4.78 is 12.1. The third kappa shape index (κ3) is 3.16.